The molecule has 22 heavy (non-hydrogen) atoms. The number of carbonyl (C=O) groups excluding carboxylic acids is 1. The number of carbonyl (C=O) groups is 2. The lowest BCUT2D eigenvalue weighted by Gasteiger charge is -2.21. The van der Waals surface area contributed by atoms with Crippen LogP contribution in [0.25, 0.3) is 0 Å². The van der Waals surface area contributed by atoms with Gasteiger partial charge in [-0.05, 0) is 17.5 Å². The molecule has 0 spiro atoms. The number of para-hydroxylation sites is 2. The van der Waals surface area contributed by atoms with Gasteiger partial charge < -0.3 is 14.7 Å². The number of amides is 1. The number of carboxylic acid groups (broad SMARTS) is 1. The first kappa shape index (κ1) is 16.2. The summed E-state index contributed by atoms with van der Waals surface area (Å²) in [5.41, 5.74) is -0.477. The van der Waals surface area contributed by atoms with Crippen LogP contribution < -0.4 is 9.64 Å². The standard InChI is InChI=1S/C15H17F2NO4/c1-15(2)10(11(15)13(20)21)12(19)18(3)8-6-4-5-7-9(8)22-14(16)17/h4-7,10-11,14H,1-3H3,(H,20,21)/t10-,11-/m1/s1. The molecule has 5 nitrogen and oxygen atoms in total. The maximum absolute atomic E-state index is 12.5. The summed E-state index contributed by atoms with van der Waals surface area (Å²) in [6, 6.07) is 5.91. The zero-order valence-electron chi connectivity index (χ0n) is 12.4. The lowest BCUT2D eigenvalue weighted by molar-refractivity contribution is -0.140. The van der Waals surface area contributed by atoms with Gasteiger partial charge in [-0.1, -0.05) is 26.0 Å². The van der Waals surface area contributed by atoms with Gasteiger partial charge in [0.05, 0.1) is 17.5 Å². The van der Waals surface area contributed by atoms with Crippen molar-refractivity contribution in [2.24, 2.45) is 17.3 Å². The van der Waals surface area contributed by atoms with Gasteiger partial charge in [-0.15, -0.1) is 0 Å². The molecule has 120 valence electrons. The number of alkyl halides is 2. The Morgan fingerprint density at radius 3 is 2.36 bits per heavy atom. The fourth-order valence-electron chi connectivity index (χ4n) is 2.82. The highest BCUT2D eigenvalue weighted by atomic mass is 19.3. The Balaban J connectivity index is 2.24. The van der Waals surface area contributed by atoms with E-state index in [-0.39, 0.29) is 11.4 Å². The SMILES string of the molecule is CN(C(=O)[C@H]1[C@H](C(=O)O)C1(C)C)c1ccccc1OC(F)F. The highest BCUT2D eigenvalue weighted by Gasteiger charge is 2.66. The molecule has 1 N–H and O–H groups in total. The summed E-state index contributed by atoms with van der Waals surface area (Å²) in [5.74, 6) is -3.05. The van der Waals surface area contributed by atoms with Gasteiger partial charge in [0, 0.05) is 7.05 Å². The van der Waals surface area contributed by atoms with Gasteiger partial charge in [0.15, 0.2) is 0 Å². The highest BCUT2D eigenvalue weighted by Crippen LogP contribution is 2.59. The van der Waals surface area contributed by atoms with Crippen molar-refractivity contribution in [2.75, 3.05) is 11.9 Å². The molecule has 1 saturated carbocycles. The number of rotatable bonds is 5. The third-order valence-corrected chi connectivity index (χ3v) is 4.13. The Kier molecular flexibility index (Phi) is 4.08. The average molecular weight is 313 g/mol. The molecule has 7 heteroatoms. The Labute approximate surface area is 126 Å². The van der Waals surface area contributed by atoms with Gasteiger partial charge in [-0.25, -0.2) is 0 Å². The molecule has 1 aliphatic carbocycles. The van der Waals surface area contributed by atoms with Crippen LogP contribution in [0.1, 0.15) is 13.8 Å². The Morgan fingerprint density at radius 1 is 1.27 bits per heavy atom. The Morgan fingerprint density at radius 2 is 1.86 bits per heavy atom. The Hall–Kier alpha value is -2.18. The lowest BCUT2D eigenvalue weighted by atomic mass is 10.1. The first-order chi connectivity index (χ1) is 10.2. The minimum absolute atomic E-state index is 0.126. The van der Waals surface area contributed by atoms with E-state index in [0.29, 0.717) is 0 Å². The molecule has 1 fully saturated rings. The molecule has 0 unspecified atom stereocenters. The van der Waals surface area contributed by atoms with E-state index < -0.39 is 35.7 Å². The van der Waals surface area contributed by atoms with E-state index >= 15 is 0 Å². The van der Waals surface area contributed by atoms with Gasteiger partial charge in [0.25, 0.3) is 0 Å². The molecular weight excluding hydrogens is 296 g/mol. The fraction of sp³-hybridized carbons (Fsp3) is 0.467. The van der Waals surface area contributed by atoms with Crippen molar-refractivity contribution >= 4 is 17.6 Å². The van der Waals surface area contributed by atoms with Crippen molar-refractivity contribution in [3.8, 4) is 5.75 Å². The van der Waals surface area contributed by atoms with Crippen LogP contribution >= 0.6 is 0 Å². The van der Waals surface area contributed by atoms with E-state index in [1.807, 2.05) is 0 Å². The maximum Gasteiger partial charge on any atom is 0.387 e. The van der Waals surface area contributed by atoms with Crippen LogP contribution in [0.2, 0.25) is 0 Å². The van der Waals surface area contributed by atoms with E-state index in [9.17, 15) is 18.4 Å². The molecule has 0 aliphatic heterocycles. The quantitative estimate of drug-likeness (QED) is 0.907. The minimum atomic E-state index is -3.01. The molecule has 0 heterocycles. The van der Waals surface area contributed by atoms with Crippen molar-refractivity contribution in [3.05, 3.63) is 24.3 Å². The molecule has 0 bridgehead atoms. The summed E-state index contributed by atoms with van der Waals surface area (Å²) in [6.45, 7) is 0.391. The monoisotopic (exact) mass is 313 g/mol. The molecule has 0 aromatic heterocycles. The van der Waals surface area contributed by atoms with Crippen LogP contribution in [0.15, 0.2) is 24.3 Å². The number of ether oxygens (including phenoxy) is 1. The molecule has 1 aromatic carbocycles. The van der Waals surface area contributed by atoms with Crippen molar-refractivity contribution in [2.45, 2.75) is 20.5 Å². The molecule has 1 aliphatic rings. The van der Waals surface area contributed by atoms with E-state index in [2.05, 4.69) is 4.74 Å². The van der Waals surface area contributed by atoms with Crippen LogP contribution in [0, 0.1) is 17.3 Å². The van der Waals surface area contributed by atoms with Gasteiger partial charge in [-0.3, -0.25) is 9.59 Å². The molecule has 0 radical (unpaired) electrons. The zero-order chi connectivity index (χ0) is 16.7. The molecule has 2 rings (SSSR count). The summed E-state index contributed by atoms with van der Waals surface area (Å²) in [4.78, 5) is 24.8. The molecular formula is C15H17F2NO4. The summed E-state index contributed by atoms with van der Waals surface area (Å²) in [7, 11) is 1.42. The molecule has 1 amide bonds. The van der Waals surface area contributed by atoms with Crippen LogP contribution in [0.4, 0.5) is 14.5 Å². The third-order valence-electron chi connectivity index (χ3n) is 4.13. The van der Waals surface area contributed by atoms with Gasteiger partial charge in [-0.2, -0.15) is 8.78 Å². The summed E-state index contributed by atoms with van der Waals surface area (Å²) >= 11 is 0. The van der Waals surface area contributed by atoms with Crippen molar-refractivity contribution in [3.63, 3.8) is 0 Å². The van der Waals surface area contributed by atoms with Crippen molar-refractivity contribution in [1.82, 2.24) is 0 Å². The summed E-state index contributed by atoms with van der Waals surface area (Å²) in [6.07, 6.45) is 0. The number of benzene rings is 1. The summed E-state index contributed by atoms with van der Waals surface area (Å²) in [5, 5.41) is 9.14. The summed E-state index contributed by atoms with van der Waals surface area (Å²) < 4.78 is 29.2. The first-order valence-electron chi connectivity index (χ1n) is 6.72. The van der Waals surface area contributed by atoms with Crippen molar-refractivity contribution in [1.29, 1.82) is 0 Å². The second kappa shape index (κ2) is 5.55. The molecule has 0 saturated heterocycles. The molecule has 2 atom stereocenters. The normalized spacial score (nSPS) is 22.3. The van der Waals surface area contributed by atoms with E-state index in [1.54, 1.807) is 19.9 Å². The smallest absolute Gasteiger partial charge is 0.387 e. The Bertz CT molecular complexity index is 603. The van der Waals surface area contributed by atoms with Crippen LogP contribution in [0.5, 0.6) is 5.75 Å². The topological polar surface area (TPSA) is 66.8 Å². The van der Waals surface area contributed by atoms with Gasteiger partial charge >= 0.3 is 12.6 Å². The predicted octanol–water partition coefficient (Wildman–Crippen LogP) is 2.61. The predicted molar refractivity (Wildman–Crippen MR) is 74.9 cm³/mol. The first-order valence-corrected chi connectivity index (χ1v) is 6.72. The number of anilines is 1. The van der Waals surface area contributed by atoms with Crippen LogP contribution in [-0.4, -0.2) is 30.6 Å². The van der Waals surface area contributed by atoms with E-state index in [0.717, 1.165) is 0 Å². The number of nitrogens with zero attached hydrogens (tertiary/aromatic N) is 1. The highest BCUT2D eigenvalue weighted by molar-refractivity contribution is 6.01. The molecule has 1 aromatic rings. The fourth-order valence-corrected chi connectivity index (χ4v) is 2.82. The maximum atomic E-state index is 12.5. The largest absolute Gasteiger partial charge is 0.481 e. The number of carboxylic acids is 1. The van der Waals surface area contributed by atoms with E-state index in [1.165, 1.54) is 30.1 Å². The average Bonchev–Trinajstić information content (AvgIpc) is 3.00. The van der Waals surface area contributed by atoms with E-state index in [4.69, 9.17) is 5.11 Å². The second-order valence-electron chi connectivity index (χ2n) is 5.86. The van der Waals surface area contributed by atoms with Gasteiger partial charge in [0.2, 0.25) is 5.91 Å². The van der Waals surface area contributed by atoms with Crippen LogP contribution in [-0.2, 0) is 9.59 Å². The lowest BCUT2D eigenvalue weighted by Crippen LogP contribution is -2.30. The second-order valence-corrected chi connectivity index (χ2v) is 5.86. The number of aliphatic carboxylic acids is 1. The third kappa shape index (κ3) is 2.75. The van der Waals surface area contributed by atoms with Crippen molar-refractivity contribution < 1.29 is 28.2 Å². The van der Waals surface area contributed by atoms with Crippen LogP contribution in [0.3, 0.4) is 0 Å². The zero-order valence-corrected chi connectivity index (χ0v) is 12.4. The number of halogens is 2. The van der Waals surface area contributed by atoms with Gasteiger partial charge in [0.1, 0.15) is 5.75 Å². The minimum Gasteiger partial charge on any atom is -0.481 e. The number of hydrogen-bond donors (Lipinski definition) is 1. The number of hydrogen-bond acceptors (Lipinski definition) is 3.